The summed E-state index contributed by atoms with van der Waals surface area (Å²) >= 11 is 7.03. The topological polar surface area (TPSA) is 79.3 Å². The third kappa shape index (κ3) is 4.54. The van der Waals surface area contributed by atoms with Crippen LogP contribution < -0.4 is 5.32 Å². The number of nitrogens with one attached hydrogen (secondary N) is 1. The first kappa shape index (κ1) is 15.5. The lowest BCUT2D eigenvalue weighted by Crippen LogP contribution is -2.14. The molecule has 110 valence electrons. The molecule has 0 spiro atoms. The molecule has 1 aromatic carbocycles. The molecule has 0 aliphatic rings. The lowest BCUT2D eigenvalue weighted by molar-refractivity contribution is -0.136. The Morgan fingerprint density at radius 1 is 1.29 bits per heavy atom. The zero-order valence-corrected chi connectivity index (χ0v) is 12.8. The first-order chi connectivity index (χ1) is 9.94. The van der Waals surface area contributed by atoms with Gasteiger partial charge in [0.05, 0.1) is 18.5 Å². The summed E-state index contributed by atoms with van der Waals surface area (Å²) in [6.07, 6.45) is 0.0516. The molecule has 21 heavy (non-hydrogen) atoms. The third-order valence-electron chi connectivity index (χ3n) is 2.69. The first-order valence-electron chi connectivity index (χ1n) is 6.16. The summed E-state index contributed by atoms with van der Waals surface area (Å²) in [4.78, 5) is 27.5. The first-order valence-corrected chi connectivity index (χ1v) is 7.36. The van der Waals surface area contributed by atoms with Crippen LogP contribution in [0.15, 0.2) is 24.3 Å². The van der Waals surface area contributed by atoms with Gasteiger partial charge in [-0.25, -0.2) is 4.98 Å². The molecule has 0 unspecified atom stereocenters. The summed E-state index contributed by atoms with van der Waals surface area (Å²) < 4.78 is 0. The molecule has 0 aliphatic heterocycles. The number of aromatic nitrogens is 1. The molecule has 0 aliphatic carbocycles. The number of carbonyl (C=O) groups excluding carboxylic acids is 1. The molecule has 0 saturated heterocycles. The van der Waals surface area contributed by atoms with Crippen molar-refractivity contribution in [1.82, 2.24) is 4.98 Å². The Bertz CT molecular complexity index is 667. The number of thiazole rings is 1. The van der Waals surface area contributed by atoms with Crippen molar-refractivity contribution in [1.29, 1.82) is 0 Å². The highest BCUT2D eigenvalue weighted by atomic mass is 35.5. The minimum atomic E-state index is -0.904. The maximum Gasteiger partial charge on any atom is 0.308 e. The van der Waals surface area contributed by atoms with E-state index in [9.17, 15) is 9.59 Å². The van der Waals surface area contributed by atoms with Crippen LogP contribution in [-0.2, 0) is 22.4 Å². The van der Waals surface area contributed by atoms with Gasteiger partial charge in [0.1, 0.15) is 5.01 Å². The van der Waals surface area contributed by atoms with Crippen molar-refractivity contribution in [3.05, 3.63) is 44.9 Å². The number of halogens is 1. The number of nitrogens with zero attached hydrogens (tertiary/aromatic N) is 1. The largest absolute Gasteiger partial charge is 0.481 e. The Morgan fingerprint density at radius 2 is 1.95 bits per heavy atom. The summed E-state index contributed by atoms with van der Waals surface area (Å²) in [5.41, 5.74) is 1.32. The standard InChI is InChI=1S/C14H13ClN2O3S/c1-8-11(6-14(19)20)21-13(16-8)7-12(18)17-10-4-2-9(15)3-5-10/h2-5H,6-7H2,1H3,(H,17,18)(H,19,20). The Morgan fingerprint density at radius 3 is 2.57 bits per heavy atom. The van der Waals surface area contributed by atoms with E-state index in [1.165, 1.54) is 11.3 Å². The van der Waals surface area contributed by atoms with Crippen LogP contribution in [0, 0.1) is 6.92 Å². The minimum absolute atomic E-state index is 0.0672. The normalized spacial score (nSPS) is 10.4. The fourth-order valence-electron chi connectivity index (χ4n) is 1.74. The number of anilines is 1. The SMILES string of the molecule is Cc1nc(CC(=O)Nc2ccc(Cl)cc2)sc1CC(=O)O. The van der Waals surface area contributed by atoms with Gasteiger partial charge < -0.3 is 10.4 Å². The molecule has 0 saturated carbocycles. The highest BCUT2D eigenvalue weighted by Gasteiger charge is 2.13. The Kier molecular flexibility index (Phi) is 4.93. The van der Waals surface area contributed by atoms with Crippen molar-refractivity contribution in [3.63, 3.8) is 0 Å². The molecule has 7 heteroatoms. The van der Waals surface area contributed by atoms with Crippen molar-refractivity contribution in [2.24, 2.45) is 0 Å². The summed E-state index contributed by atoms with van der Waals surface area (Å²) in [6.45, 7) is 1.75. The van der Waals surface area contributed by atoms with Crippen LogP contribution in [0.4, 0.5) is 5.69 Å². The number of hydrogen-bond donors (Lipinski definition) is 2. The van der Waals surface area contributed by atoms with Crippen molar-refractivity contribution in [2.75, 3.05) is 5.32 Å². The lowest BCUT2D eigenvalue weighted by Gasteiger charge is -2.03. The lowest BCUT2D eigenvalue weighted by atomic mass is 10.3. The zero-order chi connectivity index (χ0) is 15.4. The minimum Gasteiger partial charge on any atom is -0.481 e. The van der Waals surface area contributed by atoms with Gasteiger partial charge in [-0.15, -0.1) is 11.3 Å². The molecule has 1 amide bonds. The van der Waals surface area contributed by atoms with Crippen LogP contribution in [0.3, 0.4) is 0 Å². The summed E-state index contributed by atoms with van der Waals surface area (Å²) in [6, 6.07) is 6.80. The van der Waals surface area contributed by atoms with Gasteiger partial charge in [-0.2, -0.15) is 0 Å². The molecule has 5 nitrogen and oxygen atoms in total. The van der Waals surface area contributed by atoms with E-state index in [0.29, 0.717) is 26.3 Å². The number of hydrogen-bond acceptors (Lipinski definition) is 4. The van der Waals surface area contributed by atoms with E-state index in [1.807, 2.05) is 0 Å². The molecule has 1 heterocycles. The van der Waals surface area contributed by atoms with Crippen LogP contribution in [0.1, 0.15) is 15.6 Å². The van der Waals surface area contributed by atoms with Crippen molar-refractivity contribution in [3.8, 4) is 0 Å². The fraction of sp³-hybridized carbons (Fsp3) is 0.214. The Labute approximate surface area is 130 Å². The quantitative estimate of drug-likeness (QED) is 0.886. The Hall–Kier alpha value is -1.92. The molecule has 0 radical (unpaired) electrons. The van der Waals surface area contributed by atoms with Gasteiger partial charge in [0.2, 0.25) is 5.91 Å². The Balaban J connectivity index is 1.99. The molecule has 2 rings (SSSR count). The second kappa shape index (κ2) is 6.69. The highest BCUT2D eigenvalue weighted by molar-refractivity contribution is 7.12. The van der Waals surface area contributed by atoms with Crippen LogP contribution in [-0.4, -0.2) is 22.0 Å². The van der Waals surface area contributed by atoms with Gasteiger partial charge in [-0.1, -0.05) is 11.6 Å². The summed E-state index contributed by atoms with van der Waals surface area (Å²) in [7, 11) is 0. The molecule has 1 aromatic heterocycles. The molecule has 0 bridgehead atoms. The van der Waals surface area contributed by atoms with E-state index in [4.69, 9.17) is 16.7 Å². The van der Waals surface area contributed by atoms with Crippen LogP contribution in [0.25, 0.3) is 0 Å². The molecular weight excluding hydrogens is 312 g/mol. The van der Waals surface area contributed by atoms with E-state index in [1.54, 1.807) is 31.2 Å². The van der Waals surface area contributed by atoms with Gasteiger partial charge in [0, 0.05) is 15.6 Å². The predicted molar refractivity (Wildman–Crippen MR) is 82.0 cm³/mol. The maximum absolute atomic E-state index is 11.9. The maximum atomic E-state index is 11.9. The van der Waals surface area contributed by atoms with Crippen molar-refractivity contribution >= 4 is 40.5 Å². The van der Waals surface area contributed by atoms with Gasteiger partial charge in [0.25, 0.3) is 0 Å². The summed E-state index contributed by atoms with van der Waals surface area (Å²) in [5, 5.41) is 12.7. The number of benzene rings is 1. The number of aryl methyl sites for hydroxylation is 1. The fourth-order valence-corrected chi connectivity index (χ4v) is 2.93. The van der Waals surface area contributed by atoms with E-state index < -0.39 is 5.97 Å². The summed E-state index contributed by atoms with van der Waals surface area (Å²) in [5.74, 6) is -1.10. The highest BCUT2D eigenvalue weighted by Crippen LogP contribution is 2.20. The zero-order valence-electron chi connectivity index (χ0n) is 11.2. The number of carbonyl (C=O) groups is 2. The number of carboxylic acid groups (broad SMARTS) is 1. The molecule has 0 atom stereocenters. The van der Waals surface area contributed by atoms with Crippen molar-refractivity contribution in [2.45, 2.75) is 19.8 Å². The third-order valence-corrected chi connectivity index (χ3v) is 4.10. The van der Waals surface area contributed by atoms with E-state index in [2.05, 4.69) is 10.3 Å². The number of amides is 1. The smallest absolute Gasteiger partial charge is 0.308 e. The average molecular weight is 325 g/mol. The monoisotopic (exact) mass is 324 g/mol. The number of carboxylic acids is 1. The predicted octanol–water partition coefficient (Wildman–Crippen LogP) is 2.91. The van der Waals surface area contributed by atoms with Crippen molar-refractivity contribution < 1.29 is 14.7 Å². The molecular formula is C14H13ClN2O3S. The van der Waals surface area contributed by atoms with Gasteiger partial charge in [-0.05, 0) is 31.2 Å². The van der Waals surface area contributed by atoms with Crippen LogP contribution >= 0.6 is 22.9 Å². The van der Waals surface area contributed by atoms with Gasteiger partial charge >= 0.3 is 5.97 Å². The van der Waals surface area contributed by atoms with Gasteiger partial charge in [-0.3, -0.25) is 9.59 Å². The van der Waals surface area contributed by atoms with E-state index in [0.717, 1.165) is 0 Å². The van der Waals surface area contributed by atoms with Crippen LogP contribution in [0.5, 0.6) is 0 Å². The second-order valence-corrected chi connectivity index (χ2v) is 6.02. The second-order valence-electron chi connectivity index (χ2n) is 4.42. The van der Waals surface area contributed by atoms with E-state index >= 15 is 0 Å². The average Bonchev–Trinajstić information content (AvgIpc) is 2.71. The molecule has 0 fully saturated rings. The van der Waals surface area contributed by atoms with Crippen LogP contribution in [0.2, 0.25) is 5.02 Å². The van der Waals surface area contributed by atoms with Gasteiger partial charge in [0.15, 0.2) is 0 Å². The molecule has 2 aromatic rings. The molecule has 2 N–H and O–H groups in total. The number of aliphatic carboxylic acids is 1. The van der Waals surface area contributed by atoms with E-state index in [-0.39, 0.29) is 18.7 Å². The number of rotatable bonds is 5.